The minimum Gasteiger partial charge on any atom is -0.324 e. The van der Waals surface area contributed by atoms with Crippen molar-refractivity contribution in [1.82, 2.24) is 4.31 Å². The second-order valence-corrected chi connectivity index (χ2v) is 10.4. The van der Waals surface area contributed by atoms with Crippen LogP contribution < -0.4 is 5.32 Å². The molecule has 0 aromatic heterocycles. The lowest BCUT2D eigenvalue weighted by atomic mass is 10.0. The van der Waals surface area contributed by atoms with E-state index in [1.165, 1.54) is 36.4 Å². The molecule has 5 nitrogen and oxygen atoms in total. The van der Waals surface area contributed by atoms with Crippen molar-refractivity contribution in [2.24, 2.45) is 0 Å². The SMILES string of the molecule is CCc1cc(Br)cc(CC)c1NC(=O)CN(Cc1ccc(F)cc1)S(=O)(=O)c1ccccc1. The zero-order valence-electron chi connectivity index (χ0n) is 18.5. The maximum Gasteiger partial charge on any atom is 0.243 e. The van der Waals surface area contributed by atoms with Crippen LogP contribution in [0.3, 0.4) is 0 Å². The highest BCUT2D eigenvalue weighted by Crippen LogP contribution is 2.28. The summed E-state index contributed by atoms with van der Waals surface area (Å²) in [6.07, 6.45) is 1.42. The Morgan fingerprint density at radius 3 is 2.09 bits per heavy atom. The number of sulfonamides is 1. The molecule has 3 rings (SSSR count). The predicted molar refractivity (Wildman–Crippen MR) is 132 cm³/mol. The normalized spacial score (nSPS) is 11.5. The third-order valence-corrected chi connectivity index (χ3v) is 7.53. The standard InChI is InChI=1S/C25H26BrFN2O3S/c1-3-19-14-21(26)15-20(4-2)25(19)28-24(30)17-29(16-18-10-12-22(27)13-11-18)33(31,32)23-8-6-5-7-9-23/h5-15H,3-4,16-17H2,1-2H3,(H,28,30). The van der Waals surface area contributed by atoms with Gasteiger partial charge in [-0.3, -0.25) is 4.79 Å². The summed E-state index contributed by atoms with van der Waals surface area (Å²) in [5.74, 6) is -0.855. The molecule has 0 fully saturated rings. The quantitative estimate of drug-likeness (QED) is 0.393. The van der Waals surface area contributed by atoms with E-state index in [1.807, 2.05) is 26.0 Å². The summed E-state index contributed by atoms with van der Waals surface area (Å²) < 4.78 is 42.1. The molecule has 33 heavy (non-hydrogen) atoms. The minimum absolute atomic E-state index is 0.0630. The Kier molecular flexibility index (Phi) is 8.40. The van der Waals surface area contributed by atoms with Crippen LogP contribution in [0.2, 0.25) is 0 Å². The van der Waals surface area contributed by atoms with E-state index in [1.54, 1.807) is 18.2 Å². The third-order valence-electron chi connectivity index (χ3n) is 5.27. The van der Waals surface area contributed by atoms with Gasteiger partial charge in [0.2, 0.25) is 15.9 Å². The number of hydrogen-bond donors (Lipinski definition) is 1. The van der Waals surface area contributed by atoms with Crippen LogP contribution in [-0.4, -0.2) is 25.2 Å². The molecule has 0 atom stereocenters. The molecule has 8 heteroatoms. The molecule has 0 aliphatic carbocycles. The van der Waals surface area contributed by atoms with Crippen molar-refractivity contribution < 1.29 is 17.6 Å². The molecule has 0 saturated carbocycles. The first-order chi connectivity index (χ1) is 15.7. The van der Waals surface area contributed by atoms with Crippen LogP contribution in [-0.2, 0) is 34.2 Å². The number of hydrogen-bond acceptors (Lipinski definition) is 3. The molecular weight excluding hydrogens is 507 g/mol. The Labute approximate surface area is 202 Å². The third kappa shape index (κ3) is 6.28. The second-order valence-electron chi connectivity index (χ2n) is 7.57. The molecule has 1 amide bonds. The number of amides is 1. The topological polar surface area (TPSA) is 66.5 Å². The van der Waals surface area contributed by atoms with E-state index in [0.29, 0.717) is 24.1 Å². The van der Waals surface area contributed by atoms with Crippen molar-refractivity contribution >= 4 is 37.5 Å². The van der Waals surface area contributed by atoms with Crippen LogP contribution in [0.5, 0.6) is 0 Å². The molecule has 0 spiro atoms. The average Bonchev–Trinajstić information content (AvgIpc) is 2.81. The summed E-state index contributed by atoms with van der Waals surface area (Å²) >= 11 is 3.50. The van der Waals surface area contributed by atoms with Gasteiger partial charge in [0.1, 0.15) is 5.82 Å². The number of nitrogens with one attached hydrogen (secondary N) is 1. The van der Waals surface area contributed by atoms with Crippen LogP contribution in [0.4, 0.5) is 10.1 Å². The van der Waals surface area contributed by atoms with E-state index in [4.69, 9.17) is 0 Å². The average molecular weight is 533 g/mol. The summed E-state index contributed by atoms with van der Waals surface area (Å²) in [6, 6.07) is 17.4. The Balaban J connectivity index is 1.92. The highest BCUT2D eigenvalue weighted by atomic mass is 79.9. The van der Waals surface area contributed by atoms with Crippen molar-refractivity contribution in [2.75, 3.05) is 11.9 Å². The Morgan fingerprint density at radius 2 is 1.55 bits per heavy atom. The minimum atomic E-state index is -3.96. The van der Waals surface area contributed by atoms with Gasteiger partial charge in [-0.25, -0.2) is 12.8 Å². The van der Waals surface area contributed by atoms with Gasteiger partial charge in [0.05, 0.1) is 11.4 Å². The van der Waals surface area contributed by atoms with Gasteiger partial charge in [-0.05, 0) is 65.9 Å². The number of benzene rings is 3. The Hall–Kier alpha value is -2.55. The van der Waals surface area contributed by atoms with Crippen LogP contribution in [0.15, 0.2) is 76.1 Å². The molecule has 0 unspecified atom stereocenters. The van der Waals surface area contributed by atoms with Gasteiger partial charge in [-0.2, -0.15) is 4.31 Å². The summed E-state index contributed by atoms with van der Waals surface area (Å²) in [4.78, 5) is 13.2. The number of halogens is 2. The van der Waals surface area contributed by atoms with Crippen molar-refractivity contribution in [3.05, 3.63) is 93.7 Å². The Morgan fingerprint density at radius 1 is 0.970 bits per heavy atom. The fourth-order valence-electron chi connectivity index (χ4n) is 3.54. The van der Waals surface area contributed by atoms with Crippen LogP contribution in [0.1, 0.15) is 30.5 Å². The van der Waals surface area contributed by atoms with Gasteiger partial charge in [0.15, 0.2) is 0 Å². The zero-order chi connectivity index (χ0) is 24.0. The van der Waals surface area contributed by atoms with E-state index in [9.17, 15) is 17.6 Å². The fourth-order valence-corrected chi connectivity index (χ4v) is 5.50. The van der Waals surface area contributed by atoms with Crippen molar-refractivity contribution in [1.29, 1.82) is 0 Å². The number of aryl methyl sites for hydroxylation is 2. The van der Waals surface area contributed by atoms with Crippen LogP contribution >= 0.6 is 15.9 Å². The maximum atomic E-state index is 13.3. The first-order valence-corrected chi connectivity index (χ1v) is 12.9. The molecule has 174 valence electrons. The molecule has 0 heterocycles. The summed E-state index contributed by atoms with van der Waals surface area (Å²) in [5.41, 5.74) is 3.22. The monoisotopic (exact) mass is 532 g/mol. The number of anilines is 1. The number of carbonyl (C=O) groups excluding carboxylic acids is 1. The van der Waals surface area contributed by atoms with Gasteiger partial charge >= 0.3 is 0 Å². The molecule has 3 aromatic carbocycles. The number of nitrogens with zero attached hydrogens (tertiary/aromatic N) is 1. The lowest BCUT2D eigenvalue weighted by molar-refractivity contribution is -0.116. The summed E-state index contributed by atoms with van der Waals surface area (Å²) in [5, 5.41) is 2.93. The molecular formula is C25H26BrFN2O3S. The molecule has 0 aliphatic rings. The molecule has 0 radical (unpaired) electrons. The first-order valence-electron chi connectivity index (χ1n) is 10.6. The highest BCUT2D eigenvalue weighted by molar-refractivity contribution is 9.10. The van der Waals surface area contributed by atoms with E-state index in [2.05, 4.69) is 21.2 Å². The lowest BCUT2D eigenvalue weighted by Gasteiger charge is -2.23. The first kappa shape index (κ1) is 25.1. The smallest absolute Gasteiger partial charge is 0.243 e. The molecule has 0 saturated heterocycles. The number of carbonyl (C=O) groups is 1. The lowest BCUT2D eigenvalue weighted by Crippen LogP contribution is -2.37. The maximum absolute atomic E-state index is 13.3. The Bertz CT molecular complexity index is 1190. The largest absolute Gasteiger partial charge is 0.324 e. The summed E-state index contributed by atoms with van der Waals surface area (Å²) in [7, 11) is -3.96. The second kappa shape index (κ2) is 11.0. The summed E-state index contributed by atoms with van der Waals surface area (Å²) in [6.45, 7) is 3.55. The van der Waals surface area contributed by atoms with Gasteiger partial charge in [-0.15, -0.1) is 0 Å². The van der Waals surface area contributed by atoms with Crippen molar-refractivity contribution in [3.8, 4) is 0 Å². The van der Waals surface area contributed by atoms with Crippen LogP contribution in [0, 0.1) is 5.82 Å². The van der Waals surface area contributed by atoms with E-state index in [-0.39, 0.29) is 18.0 Å². The predicted octanol–water partition coefficient (Wildman–Crippen LogP) is 5.54. The van der Waals surface area contributed by atoms with Crippen LogP contribution in [0.25, 0.3) is 0 Å². The van der Waals surface area contributed by atoms with Gasteiger partial charge in [-0.1, -0.05) is 60.1 Å². The van der Waals surface area contributed by atoms with Gasteiger partial charge in [0, 0.05) is 16.7 Å². The highest BCUT2D eigenvalue weighted by Gasteiger charge is 2.27. The fraction of sp³-hybridized carbons (Fsp3) is 0.240. The van der Waals surface area contributed by atoms with E-state index >= 15 is 0 Å². The van der Waals surface area contributed by atoms with E-state index in [0.717, 1.165) is 19.9 Å². The molecule has 1 N–H and O–H groups in total. The van der Waals surface area contributed by atoms with Crippen molar-refractivity contribution in [2.45, 2.75) is 38.1 Å². The molecule has 0 aliphatic heterocycles. The van der Waals surface area contributed by atoms with E-state index < -0.39 is 21.7 Å². The van der Waals surface area contributed by atoms with Gasteiger partial charge < -0.3 is 5.32 Å². The van der Waals surface area contributed by atoms with Crippen molar-refractivity contribution in [3.63, 3.8) is 0 Å². The molecule has 3 aromatic rings. The number of rotatable bonds is 9. The van der Waals surface area contributed by atoms with Gasteiger partial charge in [0.25, 0.3) is 0 Å². The zero-order valence-corrected chi connectivity index (χ0v) is 20.9. The molecule has 0 bridgehead atoms.